The molecule has 7 heteroatoms. The lowest BCUT2D eigenvalue weighted by Gasteiger charge is -2.14. The van der Waals surface area contributed by atoms with Gasteiger partial charge in [0.1, 0.15) is 18.4 Å². The molecule has 0 saturated carbocycles. The maximum absolute atomic E-state index is 12.7. The van der Waals surface area contributed by atoms with Crippen LogP contribution in [0.5, 0.6) is 5.75 Å². The van der Waals surface area contributed by atoms with Crippen molar-refractivity contribution in [1.82, 2.24) is 14.9 Å². The van der Waals surface area contributed by atoms with Crippen molar-refractivity contribution < 1.29 is 13.9 Å². The largest absolute Gasteiger partial charge is 0.487 e. The molecule has 1 N–H and O–H groups in total. The van der Waals surface area contributed by atoms with Crippen molar-refractivity contribution in [2.45, 2.75) is 26.1 Å². The topological polar surface area (TPSA) is 86.4 Å². The number of carbonyl (C=O) groups is 1. The molecule has 1 amide bonds. The molecule has 0 aliphatic rings. The molecule has 2 aromatic carbocycles. The zero-order valence-corrected chi connectivity index (χ0v) is 16.4. The summed E-state index contributed by atoms with van der Waals surface area (Å²) in [7, 11) is 0. The highest BCUT2D eigenvalue weighted by atomic mass is 16.5. The summed E-state index contributed by atoms with van der Waals surface area (Å²) in [6.07, 6.45) is 1.72. The maximum atomic E-state index is 12.7. The Balaban J connectivity index is 1.40. The summed E-state index contributed by atoms with van der Waals surface area (Å²) in [5.74, 6) is -0.135. The summed E-state index contributed by atoms with van der Waals surface area (Å²) >= 11 is 0. The van der Waals surface area contributed by atoms with Gasteiger partial charge in [0.15, 0.2) is 5.58 Å². The summed E-state index contributed by atoms with van der Waals surface area (Å²) in [5.41, 5.74) is 2.77. The van der Waals surface area contributed by atoms with Crippen molar-refractivity contribution in [2.24, 2.45) is 0 Å². The van der Waals surface area contributed by atoms with Crippen LogP contribution in [-0.2, 0) is 17.9 Å². The highest BCUT2D eigenvalue weighted by Gasteiger charge is 2.20. The van der Waals surface area contributed by atoms with Crippen molar-refractivity contribution in [3.05, 3.63) is 94.7 Å². The van der Waals surface area contributed by atoms with Gasteiger partial charge in [-0.1, -0.05) is 30.3 Å². The van der Waals surface area contributed by atoms with E-state index in [2.05, 4.69) is 10.3 Å². The van der Waals surface area contributed by atoms with Gasteiger partial charge >= 0.3 is 5.76 Å². The van der Waals surface area contributed by atoms with Crippen LogP contribution in [0.4, 0.5) is 0 Å². The number of pyridine rings is 1. The lowest BCUT2D eigenvalue weighted by atomic mass is 10.2. The third-order valence-electron chi connectivity index (χ3n) is 4.76. The number of hydrogen-bond donors (Lipinski definition) is 1. The van der Waals surface area contributed by atoms with Gasteiger partial charge in [0.2, 0.25) is 5.91 Å². The van der Waals surface area contributed by atoms with Crippen LogP contribution in [0.25, 0.3) is 11.1 Å². The Kier molecular flexibility index (Phi) is 5.61. The van der Waals surface area contributed by atoms with E-state index < -0.39 is 11.8 Å². The third kappa shape index (κ3) is 4.25. The Hall–Kier alpha value is -3.87. The summed E-state index contributed by atoms with van der Waals surface area (Å²) in [6, 6.07) is 19.5. The van der Waals surface area contributed by atoms with Gasteiger partial charge in [0, 0.05) is 12.7 Å². The molecule has 0 saturated heterocycles. The minimum atomic E-state index is -0.704. The number of benzene rings is 2. The molecule has 2 heterocycles. The molecule has 1 unspecified atom stereocenters. The minimum Gasteiger partial charge on any atom is -0.487 e. The zero-order chi connectivity index (χ0) is 20.9. The summed E-state index contributed by atoms with van der Waals surface area (Å²) in [5, 5.41) is 2.87. The van der Waals surface area contributed by atoms with Crippen LogP contribution >= 0.6 is 0 Å². The number of hydrogen-bond acceptors (Lipinski definition) is 5. The minimum absolute atomic E-state index is 0.275. The molecule has 4 aromatic rings. The zero-order valence-electron chi connectivity index (χ0n) is 16.4. The Morgan fingerprint density at radius 3 is 2.80 bits per heavy atom. The number of carbonyl (C=O) groups excluding carboxylic acids is 1. The van der Waals surface area contributed by atoms with Gasteiger partial charge < -0.3 is 14.5 Å². The van der Waals surface area contributed by atoms with Gasteiger partial charge in [-0.3, -0.25) is 14.3 Å². The Morgan fingerprint density at radius 1 is 1.13 bits per heavy atom. The Labute approximate surface area is 172 Å². The molecule has 2 aromatic heterocycles. The van der Waals surface area contributed by atoms with E-state index in [0.29, 0.717) is 30.0 Å². The molecular formula is C23H21N3O4. The lowest BCUT2D eigenvalue weighted by Crippen LogP contribution is -2.34. The predicted octanol–water partition coefficient (Wildman–Crippen LogP) is 3.45. The second-order valence-corrected chi connectivity index (χ2v) is 6.86. The quantitative estimate of drug-likeness (QED) is 0.511. The van der Waals surface area contributed by atoms with E-state index in [4.69, 9.17) is 9.15 Å². The highest BCUT2D eigenvalue weighted by Crippen LogP contribution is 2.18. The molecule has 0 radical (unpaired) electrons. The lowest BCUT2D eigenvalue weighted by molar-refractivity contribution is -0.124. The average Bonchev–Trinajstić information content (AvgIpc) is 3.12. The molecule has 7 nitrogen and oxygen atoms in total. The number of rotatable bonds is 7. The number of oxazole rings is 1. The number of fused-ring (bicyclic) bond motifs is 1. The van der Waals surface area contributed by atoms with Crippen LogP contribution in [0.2, 0.25) is 0 Å². The average molecular weight is 403 g/mol. The first-order chi connectivity index (χ1) is 14.6. The molecular weight excluding hydrogens is 382 g/mol. The SMILES string of the molecule is CC(C(=O)NCc1cccc(OCc2ccccn2)c1)n1c(=O)oc2ccccc21. The molecule has 30 heavy (non-hydrogen) atoms. The van der Waals surface area contributed by atoms with Crippen molar-refractivity contribution in [3.63, 3.8) is 0 Å². The molecule has 0 aliphatic carbocycles. The molecule has 1 atom stereocenters. The van der Waals surface area contributed by atoms with Gasteiger partial charge in [-0.05, 0) is 48.9 Å². The Morgan fingerprint density at radius 2 is 1.97 bits per heavy atom. The van der Waals surface area contributed by atoms with E-state index in [1.807, 2.05) is 42.5 Å². The number of nitrogens with one attached hydrogen (secondary N) is 1. The molecule has 0 fully saturated rings. The van der Waals surface area contributed by atoms with E-state index >= 15 is 0 Å². The van der Waals surface area contributed by atoms with Gasteiger partial charge in [0.05, 0.1) is 11.2 Å². The van der Waals surface area contributed by atoms with Crippen molar-refractivity contribution in [1.29, 1.82) is 0 Å². The molecule has 0 bridgehead atoms. The first-order valence-corrected chi connectivity index (χ1v) is 9.61. The van der Waals surface area contributed by atoms with E-state index in [1.54, 1.807) is 37.4 Å². The van der Waals surface area contributed by atoms with Gasteiger partial charge in [0.25, 0.3) is 0 Å². The number of para-hydroxylation sites is 2. The van der Waals surface area contributed by atoms with E-state index in [9.17, 15) is 9.59 Å². The number of nitrogens with zero attached hydrogens (tertiary/aromatic N) is 2. The smallest absolute Gasteiger partial charge is 0.420 e. The Bertz CT molecular complexity index is 1210. The van der Waals surface area contributed by atoms with Crippen molar-refractivity contribution >= 4 is 17.0 Å². The van der Waals surface area contributed by atoms with Crippen LogP contribution in [0.3, 0.4) is 0 Å². The van der Waals surface area contributed by atoms with Crippen molar-refractivity contribution in [2.75, 3.05) is 0 Å². The fraction of sp³-hybridized carbons (Fsp3) is 0.174. The van der Waals surface area contributed by atoms with Crippen LogP contribution in [0, 0.1) is 0 Å². The highest BCUT2D eigenvalue weighted by molar-refractivity contribution is 5.82. The third-order valence-corrected chi connectivity index (χ3v) is 4.76. The van der Waals surface area contributed by atoms with Crippen molar-refractivity contribution in [3.8, 4) is 5.75 Å². The standard InChI is InChI=1S/C23H21N3O4/c1-16(26-20-10-2-3-11-21(20)30-23(26)28)22(27)25-14-17-7-6-9-19(13-17)29-15-18-8-4-5-12-24-18/h2-13,16H,14-15H2,1H3,(H,25,27). The van der Waals surface area contributed by atoms with Gasteiger partial charge in [-0.25, -0.2) is 4.79 Å². The number of ether oxygens (including phenoxy) is 1. The van der Waals surface area contributed by atoms with Crippen LogP contribution < -0.4 is 15.8 Å². The van der Waals surface area contributed by atoms with E-state index in [-0.39, 0.29) is 5.91 Å². The van der Waals surface area contributed by atoms with Gasteiger partial charge in [-0.15, -0.1) is 0 Å². The first kappa shape index (κ1) is 19.4. The fourth-order valence-corrected chi connectivity index (χ4v) is 3.19. The van der Waals surface area contributed by atoms with Crippen LogP contribution in [0.15, 0.2) is 82.1 Å². The molecule has 4 rings (SSSR count). The second kappa shape index (κ2) is 8.65. The number of amides is 1. The summed E-state index contributed by atoms with van der Waals surface area (Å²) < 4.78 is 12.4. The summed E-state index contributed by atoms with van der Waals surface area (Å²) in [4.78, 5) is 29.1. The maximum Gasteiger partial charge on any atom is 0.420 e. The predicted molar refractivity (Wildman–Crippen MR) is 112 cm³/mol. The van der Waals surface area contributed by atoms with E-state index in [1.165, 1.54) is 4.57 Å². The normalized spacial score (nSPS) is 11.9. The van der Waals surface area contributed by atoms with E-state index in [0.717, 1.165) is 11.3 Å². The molecule has 152 valence electrons. The summed E-state index contributed by atoms with van der Waals surface area (Å²) in [6.45, 7) is 2.35. The second-order valence-electron chi connectivity index (χ2n) is 6.86. The fourth-order valence-electron chi connectivity index (χ4n) is 3.19. The van der Waals surface area contributed by atoms with Crippen LogP contribution in [-0.4, -0.2) is 15.5 Å². The first-order valence-electron chi connectivity index (χ1n) is 9.61. The number of aromatic nitrogens is 2. The molecule has 0 spiro atoms. The van der Waals surface area contributed by atoms with Crippen LogP contribution in [0.1, 0.15) is 24.2 Å². The molecule has 0 aliphatic heterocycles. The van der Waals surface area contributed by atoms with Gasteiger partial charge in [-0.2, -0.15) is 0 Å². The monoisotopic (exact) mass is 403 g/mol.